The minimum absolute atomic E-state index is 0.0231. The number of ketones is 1. The molecule has 0 aliphatic carbocycles. The van der Waals surface area contributed by atoms with E-state index in [0.29, 0.717) is 15.0 Å². The van der Waals surface area contributed by atoms with Crippen molar-refractivity contribution in [2.24, 2.45) is 0 Å². The molecule has 4 heteroatoms. The SMILES string of the molecule is COc1sc(Cl)cc1C(C)=O. The van der Waals surface area contributed by atoms with E-state index >= 15 is 0 Å². The lowest BCUT2D eigenvalue weighted by Crippen LogP contribution is -1.91. The molecule has 0 saturated heterocycles. The Bertz CT molecular complexity index is 280. The van der Waals surface area contributed by atoms with Crippen molar-refractivity contribution in [3.63, 3.8) is 0 Å². The predicted molar refractivity (Wildman–Crippen MR) is 45.9 cm³/mol. The van der Waals surface area contributed by atoms with E-state index in [1.165, 1.54) is 25.4 Å². The highest BCUT2D eigenvalue weighted by molar-refractivity contribution is 7.18. The van der Waals surface area contributed by atoms with Gasteiger partial charge in [-0.3, -0.25) is 4.79 Å². The molecular formula is C7H7ClO2S. The van der Waals surface area contributed by atoms with Crippen molar-refractivity contribution in [2.45, 2.75) is 6.92 Å². The quantitative estimate of drug-likeness (QED) is 0.671. The number of thiophene rings is 1. The summed E-state index contributed by atoms with van der Waals surface area (Å²) < 4.78 is 5.52. The van der Waals surface area contributed by atoms with Gasteiger partial charge in [0.15, 0.2) is 10.8 Å². The van der Waals surface area contributed by atoms with Gasteiger partial charge in [-0.25, -0.2) is 0 Å². The number of methoxy groups -OCH3 is 1. The zero-order valence-corrected chi connectivity index (χ0v) is 7.75. The van der Waals surface area contributed by atoms with Crippen LogP contribution in [-0.2, 0) is 0 Å². The van der Waals surface area contributed by atoms with Crippen molar-refractivity contribution >= 4 is 28.7 Å². The van der Waals surface area contributed by atoms with Gasteiger partial charge in [0, 0.05) is 0 Å². The Morgan fingerprint density at radius 1 is 1.73 bits per heavy atom. The minimum Gasteiger partial charge on any atom is -0.487 e. The second-order valence-corrected chi connectivity index (χ2v) is 3.66. The molecule has 0 N–H and O–H groups in total. The van der Waals surface area contributed by atoms with Gasteiger partial charge in [-0.2, -0.15) is 0 Å². The molecule has 0 aliphatic rings. The summed E-state index contributed by atoms with van der Waals surface area (Å²) in [6, 6.07) is 1.62. The van der Waals surface area contributed by atoms with E-state index in [-0.39, 0.29) is 5.78 Å². The molecule has 0 amide bonds. The van der Waals surface area contributed by atoms with Crippen LogP contribution in [0.15, 0.2) is 6.07 Å². The lowest BCUT2D eigenvalue weighted by Gasteiger charge is -1.95. The first kappa shape index (κ1) is 8.56. The highest BCUT2D eigenvalue weighted by Crippen LogP contribution is 2.33. The van der Waals surface area contributed by atoms with Crippen LogP contribution in [0.25, 0.3) is 0 Å². The molecule has 11 heavy (non-hydrogen) atoms. The fourth-order valence-corrected chi connectivity index (χ4v) is 1.81. The number of carbonyl (C=O) groups excluding carboxylic acids is 1. The van der Waals surface area contributed by atoms with Crippen LogP contribution in [0.1, 0.15) is 17.3 Å². The second kappa shape index (κ2) is 3.24. The topological polar surface area (TPSA) is 26.3 Å². The van der Waals surface area contributed by atoms with Crippen molar-refractivity contribution < 1.29 is 9.53 Å². The third-order valence-corrected chi connectivity index (χ3v) is 2.46. The van der Waals surface area contributed by atoms with Gasteiger partial charge in [0.2, 0.25) is 0 Å². The van der Waals surface area contributed by atoms with Gasteiger partial charge in [0.05, 0.1) is 17.0 Å². The Kier molecular flexibility index (Phi) is 2.52. The zero-order chi connectivity index (χ0) is 8.43. The highest BCUT2D eigenvalue weighted by Gasteiger charge is 2.11. The van der Waals surface area contributed by atoms with Crippen LogP contribution in [-0.4, -0.2) is 12.9 Å². The lowest BCUT2D eigenvalue weighted by molar-refractivity contribution is 0.101. The highest BCUT2D eigenvalue weighted by atomic mass is 35.5. The summed E-state index contributed by atoms with van der Waals surface area (Å²) in [5.41, 5.74) is 0.558. The zero-order valence-electron chi connectivity index (χ0n) is 6.18. The largest absolute Gasteiger partial charge is 0.487 e. The minimum atomic E-state index is -0.0231. The Morgan fingerprint density at radius 3 is 2.73 bits per heavy atom. The summed E-state index contributed by atoms with van der Waals surface area (Å²) in [6.45, 7) is 1.49. The van der Waals surface area contributed by atoms with Crippen LogP contribution in [0.2, 0.25) is 4.34 Å². The Morgan fingerprint density at radius 2 is 2.36 bits per heavy atom. The Balaban J connectivity index is 3.12. The van der Waals surface area contributed by atoms with E-state index in [4.69, 9.17) is 16.3 Å². The number of carbonyl (C=O) groups is 1. The fraction of sp³-hybridized carbons (Fsp3) is 0.286. The van der Waals surface area contributed by atoms with E-state index in [2.05, 4.69) is 0 Å². The first-order valence-corrected chi connectivity index (χ1v) is 4.19. The third-order valence-electron chi connectivity index (χ3n) is 1.23. The molecule has 0 aromatic carbocycles. The van der Waals surface area contributed by atoms with Crippen molar-refractivity contribution in [3.8, 4) is 5.06 Å². The third kappa shape index (κ3) is 1.73. The molecule has 0 unspecified atom stereocenters. The number of Topliss-reactive ketones (excluding diaryl/α,β-unsaturated/α-hetero) is 1. The van der Waals surface area contributed by atoms with Gasteiger partial charge in [-0.1, -0.05) is 22.9 Å². The summed E-state index contributed by atoms with van der Waals surface area (Å²) in [7, 11) is 1.52. The molecule has 1 rings (SSSR count). The van der Waals surface area contributed by atoms with E-state index in [1.807, 2.05) is 0 Å². The molecule has 0 bridgehead atoms. The Hall–Kier alpha value is -0.540. The molecule has 0 spiro atoms. The smallest absolute Gasteiger partial charge is 0.185 e. The van der Waals surface area contributed by atoms with E-state index in [1.54, 1.807) is 6.07 Å². The molecule has 1 heterocycles. The molecule has 1 aromatic rings. The summed E-state index contributed by atoms with van der Waals surface area (Å²) in [5, 5.41) is 0.586. The van der Waals surface area contributed by atoms with Crippen LogP contribution < -0.4 is 4.74 Å². The molecule has 0 aliphatic heterocycles. The van der Waals surface area contributed by atoms with Crippen LogP contribution in [0.4, 0.5) is 0 Å². The van der Waals surface area contributed by atoms with E-state index in [9.17, 15) is 4.79 Å². The summed E-state index contributed by atoms with van der Waals surface area (Å²) in [4.78, 5) is 10.9. The van der Waals surface area contributed by atoms with Gasteiger partial charge in [0.1, 0.15) is 0 Å². The van der Waals surface area contributed by atoms with Gasteiger partial charge >= 0.3 is 0 Å². The summed E-state index contributed by atoms with van der Waals surface area (Å²) >= 11 is 6.94. The lowest BCUT2D eigenvalue weighted by atomic mass is 10.2. The maximum Gasteiger partial charge on any atom is 0.185 e. The molecule has 0 radical (unpaired) electrons. The molecule has 0 atom stereocenters. The van der Waals surface area contributed by atoms with Crippen molar-refractivity contribution in [3.05, 3.63) is 16.0 Å². The number of ether oxygens (including phenoxy) is 1. The molecule has 0 fully saturated rings. The normalized spacial score (nSPS) is 9.73. The van der Waals surface area contributed by atoms with Crippen LogP contribution in [0.3, 0.4) is 0 Å². The molecule has 2 nitrogen and oxygen atoms in total. The molecule has 1 aromatic heterocycles. The predicted octanol–water partition coefficient (Wildman–Crippen LogP) is 2.61. The van der Waals surface area contributed by atoms with Crippen LogP contribution in [0, 0.1) is 0 Å². The van der Waals surface area contributed by atoms with Gasteiger partial charge < -0.3 is 4.74 Å². The second-order valence-electron chi connectivity index (χ2n) is 2.01. The number of hydrogen-bond donors (Lipinski definition) is 0. The maximum atomic E-state index is 10.9. The maximum absolute atomic E-state index is 10.9. The number of hydrogen-bond acceptors (Lipinski definition) is 3. The van der Waals surface area contributed by atoms with Gasteiger partial charge in [-0.15, -0.1) is 0 Å². The number of rotatable bonds is 2. The van der Waals surface area contributed by atoms with Crippen molar-refractivity contribution in [1.82, 2.24) is 0 Å². The first-order valence-electron chi connectivity index (χ1n) is 2.99. The van der Waals surface area contributed by atoms with Crippen molar-refractivity contribution in [1.29, 1.82) is 0 Å². The van der Waals surface area contributed by atoms with Crippen LogP contribution in [0.5, 0.6) is 5.06 Å². The molecule has 0 saturated carbocycles. The van der Waals surface area contributed by atoms with Gasteiger partial charge in [0.25, 0.3) is 0 Å². The van der Waals surface area contributed by atoms with Gasteiger partial charge in [-0.05, 0) is 13.0 Å². The van der Waals surface area contributed by atoms with E-state index < -0.39 is 0 Å². The van der Waals surface area contributed by atoms with E-state index in [0.717, 1.165) is 0 Å². The Labute approximate surface area is 73.7 Å². The average molecular weight is 191 g/mol. The van der Waals surface area contributed by atoms with Crippen molar-refractivity contribution in [2.75, 3.05) is 7.11 Å². The summed E-state index contributed by atoms with van der Waals surface area (Å²) in [6.07, 6.45) is 0. The molecule has 60 valence electrons. The fourth-order valence-electron chi connectivity index (χ4n) is 0.742. The first-order chi connectivity index (χ1) is 5.15. The average Bonchev–Trinajstić information content (AvgIpc) is 2.30. The monoisotopic (exact) mass is 190 g/mol. The standard InChI is InChI=1S/C7H7ClO2S/c1-4(9)5-3-6(8)11-7(5)10-2/h3H,1-2H3. The number of halogens is 1. The van der Waals surface area contributed by atoms with Crippen LogP contribution >= 0.6 is 22.9 Å². The molecular weight excluding hydrogens is 184 g/mol. The summed E-state index contributed by atoms with van der Waals surface area (Å²) in [5.74, 6) is -0.0231.